The second-order valence-electron chi connectivity index (χ2n) is 4.90. The lowest BCUT2D eigenvalue weighted by molar-refractivity contribution is -0.121. The van der Waals surface area contributed by atoms with Crippen LogP contribution < -0.4 is 20.7 Å². The van der Waals surface area contributed by atoms with Crippen LogP contribution >= 0.6 is 0 Å². The van der Waals surface area contributed by atoms with Crippen molar-refractivity contribution >= 4 is 27.3 Å². The zero-order chi connectivity index (χ0) is 15.6. The van der Waals surface area contributed by atoms with E-state index in [0.29, 0.717) is 0 Å². The Balaban J connectivity index is 2.34. The van der Waals surface area contributed by atoms with Crippen LogP contribution in [0.3, 0.4) is 0 Å². The second kappa shape index (κ2) is 5.90. The van der Waals surface area contributed by atoms with Gasteiger partial charge in [0.25, 0.3) is 0 Å². The number of nitrogens with zero attached hydrogens (tertiary/aromatic N) is 1. The summed E-state index contributed by atoms with van der Waals surface area (Å²) >= 11 is 0. The number of anilines is 2. The van der Waals surface area contributed by atoms with Gasteiger partial charge in [0, 0.05) is 19.3 Å². The molecule has 1 heterocycles. The van der Waals surface area contributed by atoms with E-state index in [1.54, 1.807) is 19.2 Å². The van der Waals surface area contributed by atoms with Crippen LogP contribution in [0.15, 0.2) is 23.1 Å². The lowest BCUT2D eigenvalue weighted by Crippen LogP contribution is -2.42. The second-order valence-corrected chi connectivity index (χ2v) is 6.75. The molecule has 1 aliphatic rings. The van der Waals surface area contributed by atoms with Crippen molar-refractivity contribution in [3.63, 3.8) is 0 Å². The summed E-state index contributed by atoms with van der Waals surface area (Å²) in [5.74, 6) is -0.0435. The van der Waals surface area contributed by atoms with Crippen LogP contribution in [0.2, 0.25) is 0 Å². The maximum atomic E-state index is 11.9. The highest BCUT2D eigenvalue weighted by atomic mass is 32.2. The van der Waals surface area contributed by atoms with Gasteiger partial charge in [0.15, 0.2) is 0 Å². The summed E-state index contributed by atoms with van der Waals surface area (Å²) in [7, 11) is -0.631. The van der Waals surface area contributed by atoms with Crippen LogP contribution in [0.4, 0.5) is 11.4 Å². The van der Waals surface area contributed by atoms with E-state index in [2.05, 4.69) is 10.0 Å². The molecule has 0 spiro atoms. The molecule has 0 aromatic heterocycles. The van der Waals surface area contributed by atoms with Crippen molar-refractivity contribution in [3.05, 3.63) is 18.2 Å². The molecule has 1 aromatic rings. The van der Waals surface area contributed by atoms with Crippen LogP contribution in [0.25, 0.3) is 0 Å². The van der Waals surface area contributed by atoms with Crippen molar-refractivity contribution in [2.75, 3.05) is 31.3 Å². The van der Waals surface area contributed by atoms with Gasteiger partial charge in [0.1, 0.15) is 10.9 Å². The molecule has 1 unspecified atom stereocenters. The summed E-state index contributed by atoms with van der Waals surface area (Å²) in [6, 6.07) is 4.52. The number of nitrogen functional groups attached to an aromatic ring is 1. The highest BCUT2D eigenvalue weighted by molar-refractivity contribution is 7.89. The number of rotatable bonds is 4. The summed E-state index contributed by atoms with van der Waals surface area (Å²) in [5.41, 5.74) is 6.79. The molecule has 0 radical (unpaired) electrons. The van der Waals surface area contributed by atoms with Gasteiger partial charge in [-0.05, 0) is 38.1 Å². The molecular weight excluding hydrogens is 292 g/mol. The molecule has 0 bridgehead atoms. The highest BCUT2D eigenvalue weighted by Gasteiger charge is 2.30. The maximum absolute atomic E-state index is 11.9. The molecule has 1 atom stereocenters. The van der Waals surface area contributed by atoms with E-state index in [1.165, 1.54) is 13.1 Å². The molecule has 8 heteroatoms. The van der Waals surface area contributed by atoms with Crippen LogP contribution in [0.5, 0.6) is 0 Å². The number of nitrogens with one attached hydrogen (secondary N) is 2. The average Bonchev–Trinajstić information content (AvgIpc) is 2.95. The molecule has 0 saturated carbocycles. The number of sulfonamides is 1. The van der Waals surface area contributed by atoms with Gasteiger partial charge < -0.3 is 16.0 Å². The topological polar surface area (TPSA) is 105 Å². The minimum absolute atomic E-state index is 0.0435. The molecule has 2 rings (SSSR count). The average molecular weight is 312 g/mol. The largest absolute Gasteiger partial charge is 0.398 e. The minimum Gasteiger partial charge on any atom is -0.398 e. The Bertz CT molecular complexity index is 645. The van der Waals surface area contributed by atoms with Crippen LogP contribution in [0, 0.1) is 0 Å². The molecule has 4 N–H and O–H groups in total. The quantitative estimate of drug-likeness (QED) is 0.673. The Morgan fingerprint density at radius 2 is 2.10 bits per heavy atom. The number of hydrogen-bond donors (Lipinski definition) is 3. The lowest BCUT2D eigenvalue weighted by Gasteiger charge is -2.26. The fraction of sp³-hybridized carbons (Fsp3) is 0.462. The first kappa shape index (κ1) is 15.6. The number of likely N-dealkylation sites (N-methyl/N-ethyl adjacent to an activating group) is 1. The van der Waals surface area contributed by atoms with E-state index in [9.17, 15) is 13.2 Å². The fourth-order valence-electron chi connectivity index (χ4n) is 2.58. The minimum atomic E-state index is -3.58. The van der Waals surface area contributed by atoms with E-state index in [1.807, 2.05) is 4.90 Å². The zero-order valence-corrected chi connectivity index (χ0v) is 12.9. The van der Waals surface area contributed by atoms with Gasteiger partial charge in [-0.2, -0.15) is 0 Å². The molecular formula is C13H20N4O3S. The first-order valence-corrected chi connectivity index (χ1v) is 8.20. The first-order chi connectivity index (χ1) is 9.90. The molecule has 1 aromatic carbocycles. The van der Waals surface area contributed by atoms with Crippen LogP contribution in [-0.2, 0) is 14.8 Å². The predicted octanol–water partition coefficient (Wildman–Crippen LogP) is -0.108. The summed E-state index contributed by atoms with van der Waals surface area (Å²) < 4.78 is 25.8. The van der Waals surface area contributed by atoms with Gasteiger partial charge in [0.05, 0.1) is 5.69 Å². The van der Waals surface area contributed by atoms with E-state index in [0.717, 1.165) is 25.1 Å². The Kier molecular flexibility index (Phi) is 4.38. The summed E-state index contributed by atoms with van der Waals surface area (Å²) in [5, 5.41) is 2.65. The van der Waals surface area contributed by atoms with Gasteiger partial charge in [-0.25, -0.2) is 13.1 Å². The Hall–Kier alpha value is -1.80. The Morgan fingerprint density at radius 1 is 1.38 bits per heavy atom. The summed E-state index contributed by atoms with van der Waals surface area (Å²) in [6.45, 7) is 0.746. The molecule has 1 fully saturated rings. The highest BCUT2D eigenvalue weighted by Crippen LogP contribution is 2.30. The van der Waals surface area contributed by atoms with Gasteiger partial charge in [-0.15, -0.1) is 0 Å². The van der Waals surface area contributed by atoms with Gasteiger partial charge in [0.2, 0.25) is 15.9 Å². The van der Waals surface area contributed by atoms with E-state index in [-0.39, 0.29) is 22.5 Å². The molecule has 7 nitrogen and oxygen atoms in total. The third kappa shape index (κ3) is 2.96. The third-order valence-electron chi connectivity index (χ3n) is 3.69. The smallest absolute Gasteiger partial charge is 0.242 e. The van der Waals surface area contributed by atoms with Gasteiger partial charge >= 0.3 is 0 Å². The zero-order valence-electron chi connectivity index (χ0n) is 12.1. The summed E-state index contributed by atoms with van der Waals surface area (Å²) in [4.78, 5) is 13.9. The van der Waals surface area contributed by atoms with Crippen LogP contribution in [0.1, 0.15) is 12.8 Å². The molecule has 21 heavy (non-hydrogen) atoms. The molecule has 0 aliphatic carbocycles. The van der Waals surface area contributed by atoms with Crippen molar-refractivity contribution in [1.82, 2.24) is 10.0 Å². The third-order valence-corrected chi connectivity index (χ3v) is 5.17. The molecule has 1 aliphatic heterocycles. The van der Waals surface area contributed by atoms with Crippen molar-refractivity contribution in [2.45, 2.75) is 23.8 Å². The monoisotopic (exact) mass is 312 g/mol. The van der Waals surface area contributed by atoms with Crippen molar-refractivity contribution in [3.8, 4) is 0 Å². The number of benzene rings is 1. The van der Waals surface area contributed by atoms with E-state index in [4.69, 9.17) is 5.73 Å². The lowest BCUT2D eigenvalue weighted by atomic mass is 10.2. The Labute approximate surface area is 124 Å². The summed E-state index contributed by atoms with van der Waals surface area (Å²) in [6.07, 6.45) is 1.69. The number of amides is 1. The molecule has 1 saturated heterocycles. The number of carbonyl (C=O) groups is 1. The SMILES string of the molecule is CNC(=O)C1CCCN1c1ccc(S(=O)(=O)NC)c(N)c1. The van der Waals surface area contributed by atoms with E-state index < -0.39 is 10.0 Å². The van der Waals surface area contributed by atoms with Gasteiger partial charge in [-0.3, -0.25) is 4.79 Å². The normalized spacial score (nSPS) is 18.8. The van der Waals surface area contributed by atoms with Gasteiger partial charge in [-0.1, -0.05) is 0 Å². The van der Waals surface area contributed by atoms with Crippen molar-refractivity contribution in [2.24, 2.45) is 0 Å². The van der Waals surface area contributed by atoms with E-state index >= 15 is 0 Å². The fourth-order valence-corrected chi connectivity index (χ4v) is 3.42. The standard InChI is InChI=1S/C13H20N4O3S/c1-15-13(18)11-4-3-7-17(11)9-5-6-12(10(14)8-9)21(19,20)16-2/h5-6,8,11,16H,3-4,7,14H2,1-2H3,(H,15,18). The Morgan fingerprint density at radius 3 is 2.67 bits per heavy atom. The molecule has 1 amide bonds. The van der Waals surface area contributed by atoms with Crippen LogP contribution in [-0.4, -0.2) is 41.0 Å². The predicted molar refractivity (Wildman–Crippen MR) is 81.5 cm³/mol. The number of nitrogens with two attached hydrogens (primary N) is 1. The number of hydrogen-bond acceptors (Lipinski definition) is 5. The number of carbonyl (C=O) groups excluding carboxylic acids is 1. The molecule has 116 valence electrons. The first-order valence-electron chi connectivity index (χ1n) is 6.72. The van der Waals surface area contributed by atoms with Crippen molar-refractivity contribution < 1.29 is 13.2 Å². The maximum Gasteiger partial charge on any atom is 0.242 e. The van der Waals surface area contributed by atoms with Crippen molar-refractivity contribution in [1.29, 1.82) is 0 Å².